The predicted molar refractivity (Wildman–Crippen MR) is 82.9 cm³/mol. The highest BCUT2D eigenvalue weighted by molar-refractivity contribution is 5.17. The zero-order valence-electron chi connectivity index (χ0n) is 12.9. The quantitative estimate of drug-likeness (QED) is 0.868. The van der Waals surface area contributed by atoms with Crippen molar-refractivity contribution in [3.63, 3.8) is 0 Å². The summed E-state index contributed by atoms with van der Waals surface area (Å²) < 4.78 is 20.9. The zero-order valence-corrected chi connectivity index (χ0v) is 12.9. The van der Waals surface area contributed by atoms with Crippen LogP contribution in [-0.2, 0) is 24.8 Å². The van der Waals surface area contributed by atoms with Gasteiger partial charge in [-0.25, -0.2) is 4.39 Å². The van der Waals surface area contributed by atoms with Crippen molar-refractivity contribution in [1.82, 2.24) is 14.7 Å². The van der Waals surface area contributed by atoms with Gasteiger partial charge >= 0.3 is 0 Å². The smallest absolute Gasteiger partial charge is 0.123 e. The first-order valence-corrected chi connectivity index (χ1v) is 7.71. The molecular weight excluding hydrogens is 281 g/mol. The summed E-state index contributed by atoms with van der Waals surface area (Å²) in [6.45, 7) is 4.26. The van der Waals surface area contributed by atoms with Crippen LogP contribution in [0.15, 0.2) is 36.7 Å². The molecule has 1 atom stereocenters. The molecule has 1 aliphatic rings. The number of hydrogen-bond acceptors (Lipinski definition) is 3. The molecule has 1 fully saturated rings. The molecule has 1 aromatic carbocycles. The fraction of sp³-hybridized carbons (Fsp3) is 0.471. The predicted octanol–water partition coefficient (Wildman–Crippen LogP) is 2.25. The summed E-state index contributed by atoms with van der Waals surface area (Å²) in [5.41, 5.74) is 2.26. The van der Waals surface area contributed by atoms with E-state index in [0.29, 0.717) is 5.92 Å². The minimum absolute atomic E-state index is 0.167. The Kier molecular flexibility index (Phi) is 4.85. The van der Waals surface area contributed by atoms with E-state index in [1.807, 2.05) is 30.2 Å². The summed E-state index contributed by atoms with van der Waals surface area (Å²) in [4.78, 5) is 2.40. The number of benzene rings is 1. The van der Waals surface area contributed by atoms with Crippen molar-refractivity contribution in [2.75, 3.05) is 26.3 Å². The lowest BCUT2D eigenvalue weighted by Gasteiger charge is -2.22. The molecule has 22 heavy (non-hydrogen) atoms. The molecule has 0 spiro atoms. The fourth-order valence-corrected chi connectivity index (χ4v) is 3.03. The topological polar surface area (TPSA) is 30.3 Å². The summed E-state index contributed by atoms with van der Waals surface area (Å²) in [6, 6.07) is 6.87. The Hall–Kier alpha value is -1.72. The molecule has 0 unspecified atom stereocenters. The first-order chi connectivity index (χ1) is 10.7. The van der Waals surface area contributed by atoms with E-state index in [9.17, 15) is 4.39 Å². The fourth-order valence-electron chi connectivity index (χ4n) is 3.03. The first-order valence-electron chi connectivity index (χ1n) is 7.71. The minimum Gasteiger partial charge on any atom is -0.380 e. The third kappa shape index (κ3) is 4.15. The molecule has 2 aromatic rings. The molecule has 0 radical (unpaired) electrons. The number of ether oxygens (including phenoxy) is 1. The summed E-state index contributed by atoms with van der Waals surface area (Å²) in [5, 5.41) is 4.22. The van der Waals surface area contributed by atoms with Gasteiger partial charge in [-0.3, -0.25) is 9.58 Å². The number of halogens is 1. The highest BCUT2D eigenvalue weighted by atomic mass is 19.1. The summed E-state index contributed by atoms with van der Waals surface area (Å²) >= 11 is 0. The Morgan fingerprint density at radius 2 is 2.27 bits per heavy atom. The van der Waals surface area contributed by atoms with Crippen molar-refractivity contribution in [2.45, 2.75) is 13.0 Å². The van der Waals surface area contributed by atoms with Crippen molar-refractivity contribution in [3.05, 3.63) is 53.6 Å². The van der Waals surface area contributed by atoms with Crippen molar-refractivity contribution in [2.24, 2.45) is 13.0 Å². The van der Waals surface area contributed by atoms with Gasteiger partial charge in [0.15, 0.2) is 0 Å². The van der Waals surface area contributed by atoms with E-state index in [0.717, 1.165) is 44.8 Å². The molecule has 0 bridgehead atoms. The van der Waals surface area contributed by atoms with E-state index in [1.54, 1.807) is 12.1 Å². The maximum absolute atomic E-state index is 13.3. The monoisotopic (exact) mass is 303 g/mol. The van der Waals surface area contributed by atoms with E-state index in [1.165, 1.54) is 11.6 Å². The Morgan fingerprint density at radius 1 is 1.36 bits per heavy atom. The Morgan fingerprint density at radius 3 is 3.05 bits per heavy atom. The number of hydrogen-bond donors (Lipinski definition) is 0. The van der Waals surface area contributed by atoms with E-state index < -0.39 is 0 Å². The molecule has 5 heteroatoms. The first kappa shape index (κ1) is 15.2. The molecule has 1 aliphatic heterocycles. The molecule has 0 N–H and O–H groups in total. The molecule has 2 heterocycles. The van der Waals surface area contributed by atoms with Gasteiger partial charge in [-0.05, 0) is 30.0 Å². The SMILES string of the molecule is Cn1cc(CN2CCOC[C@@H](Cc3cccc(F)c3)C2)cn1. The van der Waals surface area contributed by atoms with Crippen LogP contribution < -0.4 is 0 Å². The summed E-state index contributed by atoms with van der Waals surface area (Å²) in [5.74, 6) is 0.222. The van der Waals surface area contributed by atoms with Crippen LogP contribution in [0.4, 0.5) is 4.39 Å². The Bertz CT molecular complexity index is 613. The standard InChI is InChI=1S/C17H22FN3O/c1-20-10-16(9-19-20)12-21-5-6-22-13-15(11-21)7-14-3-2-4-17(18)8-14/h2-4,8-10,15H,5-7,11-13H2,1H3/t15-/m0/s1. The van der Waals surface area contributed by atoms with Crippen molar-refractivity contribution in [3.8, 4) is 0 Å². The van der Waals surface area contributed by atoms with Crippen molar-refractivity contribution < 1.29 is 9.13 Å². The maximum atomic E-state index is 13.3. The molecule has 0 saturated carbocycles. The van der Waals surface area contributed by atoms with Crippen LogP contribution in [0.1, 0.15) is 11.1 Å². The third-order valence-corrected chi connectivity index (χ3v) is 4.00. The largest absolute Gasteiger partial charge is 0.380 e. The van der Waals surface area contributed by atoms with Crippen LogP contribution >= 0.6 is 0 Å². The van der Waals surface area contributed by atoms with E-state index in [4.69, 9.17) is 4.74 Å². The molecule has 0 amide bonds. The van der Waals surface area contributed by atoms with Gasteiger partial charge in [0.05, 0.1) is 19.4 Å². The van der Waals surface area contributed by atoms with Crippen molar-refractivity contribution >= 4 is 0 Å². The second kappa shape index (κ2) is 7.03. The van der Waals surface area contributed by atoms with Crippen LogP contribution in [0.5, 0.6) is 0 Å². The second-order valence-corrected chi connectivity index (χ2v) is 6.03. The van der Waals surface area contributed by atoms with Gasteiger partial charge in [-0.2, -0.15) is 5.10 Å². The van der Waals surface area contributed by atoms with Crippen LogP contribution in [0.2, 0.25) is 0 Å². The maximum Gasteiger partial charge on any atom is 0.123 e. The van der Waals surface area contributed by atoms with Crippen LogP contribution in [0, 0.1) is 11.7 Å². The highest BCUT2D eigenvalue weighted by Gasteiger charge is 2.19. The van der Waals surface area contributed by atoms with Crippen LogP contribution in [0.25, 0.3) is 0 Å². The lowest BCUT2D eigenvalue weighted by molar-refractivity contribution is 0.121. The lowest BCUT2D eigenvalue weighted by Crippen LogP contribution is -2.30. The number of rotatable bonds is 4. The van der Waals surface area contributed by atoms with E-state index >= 15 is 0 Å². The number of aryl methyl sites for hydroxylation is 1. The Balaban J connectivity index is 1.62. The van der Waals surface area contributed by atoms with Crippen molar-refractivity contribution in [1.29, 1.82) is 0 Å². The molecular formula is C17H22FN3O. The minimum atomic E-state index is -0.167. The second-order valence-electron chi connectivity index (χ2n) is 6.03. The molecule has 4 nitrogen and oxygen atoms in total. The van der Waals surface area contributed by atoms with Gasteiger partial charge in [0.1, 0.15) is 5.82 Å². The van der Waals surface area contributed by atoms with Gasteiger partial charge in [0, 0.05) is 38.4 Å². The van der Waals surface area contributed by atoms with E-state index in [2.05, 4.69) is 10.00 Å². The molecule has 118 valence electrons. The number of nitrogens with zero attached hydrogens (tertiary/aromatic N) is 3. The zero-order chi connectivity index (χ0) is 15.4. The van der Waals surface area contributed by atoms with Crippen LogP contribution in [-0.4, -0.2) is 41.0 Å². The highest BCUT2D eigenvalue weighted by Crippen LogP contribution is 2.16. The summed E-state index contributed by atoms with van der Waals surface area (Å²) in [6.07, 6.45) is 4.81. The van der Waals surface area contributed by atoms with Gasteiger partial charge in [0.2, 0.25) is 0 Å². The third-order valence-electron chi connectivity index (χ3n) is 4.00. The molecule has 1 aromatic heterocycles. The average Bonchev–Trinajstić information content (AvgIpc) is 2.75. The lowest BCUT2D eigenvalue weighted by atomic mass is 9.99. The average molecular weight is 303 g/mol. The van der Waals surface area contributed by atoms with E-state index in [-0.39, 0.29) is 5.82 Å². The molecule has 0 aliphatic carbocycles. The molecule has 1 saturated heterocycles. The van der Waals surface area contributed by atoms with Crippen LogP contribution in [0.3, 0.4) is 0 Å². The van der Waals surface area contributed by atoms with Gasteiger partial charge in [-0.1, -0.05) is 12.1 Å². The number of aromatic nitrogens is 2. The summed E-state index contributed by atoms with van der Waals surface area (Å²) in [7, 11) is 1.93. The van der Waals surface area contributed by atoms with Gasteiger partial charge < -0.3 is 4.74 Å². The Labute approximate surface area is 130 Å². The van der Waals surface area contributed by atoms with Gasteiger partial charge in [-0.15, -0.1) is 0 Å². The van der Waals surface area contributed by atoms with Gasteiger partial charge in [0.25, 0.3) is 0 Å². The molecule has 3 rings (SSSR count). The normalized spacial score (nSPS) is 20.0.